The van der Waals surface area contributed by atoms with Crippen molar-refractivity contribution in [1.82, 2.24) is 4.98 Å². The molecule has 5 nitrogen and oxygen atoms in total. The third-order valence-corrected chi connectivity index (χ3v) is 5.44. The highest BCUT2D eigenvalue weighted by Crippen LogP contribution is 2.50. The lowest BCUT2D eigenvalue weighted by Crippen LogP contribution is -2.14. The zero-order chi connectivity index (χ0) is 15.0. The van der Waals surface area contributed by atoms with E-state index in [-0.39, 0.29) is 18.2 Å². The first-order valence-electron chi connectivity index (χ1n) is 6.55. The molecule has 0 unspecified atom stereocenters. The van der Waals surface area contributed by atoms with Crippen molar-refractivity contribution in [2.75, 3.05) is 5.32 Å². The van der Waals surface area contributed by atoms with Gasteiger partial charge in [0.05, 0.1) is 12.1 Å². The molecule has 2 heterocycles. The summed E-state index contributed by atoms with van der Waals surface area (Å²) in [4.78, 5) is 28.2. The van der Waals surface area contributed by atoms with Crippen LogP contribution >= 0.6 is 22.7 Å². The molecule has 2 aromatic heterocycles. The number of carboxylic acid groups (broad SMARTS) is 1. The summed E-state index contributed by atoms with van der Waals surface area (Å²) in [7, 11) is 0. The van der Waals surface area contributed by atoms with Gasteiger partial charge < -0.3 is 10.4 Å². The average Bonchev–Trinajstić information content (AvgIpc) is 2.91. The smallest absolute Gasteiger partial charge is 0.309 e. The first kappa shape index (κ1) is 14.2. The Kier molecular flexibility index (Phi) is 3.77. The summed E-state index contributed by atoms with van der Waals surface area (Å²) in [6.45, 7) is 2.07. The van der Waals surface area contributed by atoms with Crippen LogP contribution in [-0.2, 0) is 16.0 Å². The number of aryl methyl sites for hydroxylation is 1. The minimum Gasteiger partial charge on any atom is -0.481 e. The molecule has 0 aromatic carbocycles. The molecule has 1 aliphatic rings. The molecule has 1 amide bonds. The molecular weight excluding hydrogens is 308 g/mol. The van der Waals surface area contributed by atoms with E-state index < -0.39 is 5.97 Å². The number of anilines is 1. The Labute approximate surface area is 129 Å². The summed E-state index contributed by atoms with van der Waals surface area (Å²) in [5.74, 6) is -0.616. The van der Waals surface area contributed by atoms with Crippen LogP contribution in [0.4, 0.5) is 5.13 Å². The van der Waals surface area contributed by atoms with Crippen molar-refractivity contribution >= 4 is 39.7 Å². The number of thiophene rings is 1. The first-order valence-corrected chi connectivity index (χ1v) is 8.31. The van der Waals surface area contributed by atoms with E-state index in [1.54, 1.807) is 16.7 Å². The van der Waals surface area contributed by atoms with Crippen molar-refractivity contribution in [3.8, 4) is 0 Å². The summed E-state index contributed by atoms with van der Waals surface area (Å²) in [5.41, 5.74) is 1.72. The number of rotatable bonds is 5. The molecule has 2 N–H and O–H groups in total. The monoisotopic (exact) mass is 322 g/mol. The van der Waals surface area contributed by atoms with Gasteiger partial charge in [-0.05, 0) is 30.4 Å². The minimum absolute atomic E-state index is 0.00849. The number of nitrogens with zero attached hydrogens (tertiary/aromatic N) is 1. The number of carboxylic acids is 1. The van der Waals surface area contributed by atoms with Gasteiger partial charge in [-0.2, -0.15) is 0 Å². The van der Waals surface area contributed by atoms with Crippen molar-refractivity contribution in [3.63, 3.8) is 0 Å². The molecule has 7 heteroatoms. The van der Waals surface area contributed by atoms with Gasteiger partial charge in [-0.15, -0.1) is 22.7 Å². The molecule has 0 radical (unpaired) electrons. The quantitative estimate of drug-likeness (QED) is 0.887. The van der Waals surface area contributed by atoms with Gasteiger partial charge >= 0.3 is 5.97 Å². The zero-order valence-corrected chi connectivity index (χ0v) is 13.0. The molecule has 1 fully saturated rings. The van der Waals surface area contributed by atoms with Crippen LogP contribution in [0, 0.1) is 12.8 Å². The fraction of sp³-hybridized carbons (Fsp3) is 0.357. The van der Waals surface area contributed by atoms with E-state index in [1.807, 2.05) is 0 Å². The summed E-state index contributed by atoms with van der Waals surface area (Å²) >= 11 is 2.96. The Hall–Kier alpha value is -1.73. The Morgan fingerprint density at radius 2 is 2.29 bits per heavy atom. The van der Waals surface area contributed by atoms with Gasteiger partial charge in [0, 0.05) is 22.1 Å². The van der Waals surface area contributed by atoms with Crippen LogP contribution in [0.25, 0.3) is 0 Å². The highest BCUT2D eigenvalue weighted by atomic mass is 32.1. The molecule has 2 atom stereocenters. The van der Waals surface area contributed by atoms with Crippen molar-refractivity contribution in [3.05, 3.63) is 33.0 Å². The van der Waals surface area contributed by atoms with E-state index in [1.165, 1.54) is 21.8 Å². The van der Waals surface area contributed by atoms with Crippen LogP contribution in [0.2, 0.25) is 0 Å². The molecule has 21 heavy (non-hydrogen) atoms. The topological polar surface area (TPSA) is 79.3 Å². The van der Waals surface area contributed by atoms with Crippen LogP contribution < -0.4 is 5.32 Å². The summed E-state index contributed by atoms with van der Waals surface area (Å²) < 4.78 is 0. The maximum Gasteiger partial charge on any atom is 0.309 e. The van der Waals surface area contributed by atoms with E-state index in [0.717, 1.165) is 6.42 Å². The van der Waals surface area contributed by atoms with Gasteiger partial charge in [0.15, 0.2) is 5.13 Å². The maximum absolute atomic E-state index is 12.2. The van der Waals surface area contributed by atoms with Crippen LogP contribution in [0.3, 0.4) is 0 Å². The van der Waals surface area contributed by atoms with Gasteiger partial charge in [0.1, 0.15) is 0 Å². The number of hydrogen-bond acceptors (Lipinski definition) is 5. The van der Waals surface area contributed by atoms with E-state index in [0.29, 0.717) is 16.7 Å². The van der Waals surface area contributed by atoms with E-state index in [2.05, 4.69) is 28.7 Å². The fourth-order valence-electron chi connectivity index (χ4n) is 2.34. The van der Waals surface area contributed by atoms with Gasteiger partial charge in [0.25, 0.3) is 0 Å². The molecule has 1 aliphatic carbocycles. The molecule has 2 aromatic rings. The number of thiazole rings is 1. The molecule has 0 spiro atoms. The van der Waals surface area contributed by atoms with Crippen molar-refractivity contribution < 1.29 is 14.7 Å². The van der Waals surface area contributed by atoms with Crippen LogP contribution in [0.5, 0.6) is 0 Å². The van der Waals surface area contributed by atoms with Gasteiger partial charge in [-0.3, -0.25) is 9.59 Å². The first-order chi connectivity index (χ1) is 10.0. The molecule has 3 rings (SSSR count). The van der Waals surface area contributed by atoms with Crippen molar-refractivity contribution in [2.45, 2.75) is 25.7 Å². The fourth-order valence-corrected chi connectivity index (χ4v) is 4.16. The largest absolute Gasteiger partial charge is 0.481 e. The predicted molar refractivity (Wildman–Crippen MR) is 82.0 cm³/mol. The van der Waals surface area contributed by atoms with E-state index in [9.17, 15) is 9.59 Å². The second-order valence-corrected chi connectivity index (χ2v) is 6.93. The minimum atomic E-state index is -0.923. The number of carbonyl (C=O) groups excluding carboxylic acids is 1. The van der Waals surface area contributed by atoms with Gasteiger partial charge in [-0.25, -0.2) is 4.98 Å². The second kappa shape index (κ2) is 5.57. The Morgan fingerprint density at radius 1 is 1.48 bits per heavy atom. The second-order valence-electron chi connectivity index (χ2n) is 5.12. The lowest BCUT2D eigenvalue weighted by Gasteiger charge is -2.01. The third kappa shape index (κ3) is 3.14. The molecule has 1 saturated carbocycles. The molecular formula is C14H14N2O3S2. The molecule has 110 valence electrons. The van der Waals surface area contributed by atoms with Gasteiger partial charge in [-0.1, -0.05) is 0 Å². The Bertz CT molecular complexity index is 692. The predicted octanol–water partition coefficient (Wildman–Crippen LogP) is 2.88. The van der Waals surface area contributed by atoms with Gasteiger partial charge in [0.2, 0.25) is 5.91 Å². The molecule has 0 bridgehead atoms. The Morgan fingerprint density at radius 3 is 2.95 bits per heavy atom. The lowest BCUT2D eigenvalue weighted by atomic mass is 10.2. The standard InChI is InChI=1S/C14H14N2O3S2/c1-7-2-3-20-12(7)9-5-10(9)13(19)16-14-15-8(6-21-14)4-11(17)18/h2-3,6,9-10H,4-5H2,1H3,(H,17,18)(H,15,16,19)/t9-,10-/m1/s1. The zero-order valence-electron chi connectivity index (χ0n) is 11.3. The summed E-state index contributed by atoms with van der Waals surface area (Å²) in [5, 5.41) is 15.7. The number of hydrogen-bond donors (Lipinski definition) is 2. The lowest BCUT2D eigenvalue weighted by molar-refractivity contribution is -0.136. The Balaban J connectivity index is 1.59. The number of carbonyl (C=O) groups is 2. The third-order valence-electron chi connectivity index (χ3n) is 3.48. The number of aliphatic carboxylic acids is 1. The highest BCUT2D eigenvalue weighted by Gasteiger charge is 2.45. The number of aromatic nitrogens is 1. The van der Waals surface area contributed by atoms with Crippen LogP contribution in [0.1, 0.15) is 28.5 Å². The summed E-state index contributed by atoms with van der Waals surface area (Å²) in [6.07, 6.45) is 0.757. The van der Waals surface area contributed by atoms with E-state index >= 15 is 0 Å². The van der Waals surface area contributed by atoms with Crippen LogP contribution in [0.15, 0.2) is 16.8 Å². The number of nitrogens with one attached hydrogen (secondary N) is 1. The van der Waals surface area contributed by atoms with Crippen molar-refractivity contribution in [1.29, 1.82) is 0 Å². The van der Waals surface area contributed by atoms with Crippen LogP contribution in [-0.4, -0.2) is 22.0 Å². The molecule has 0 aliphatic heterocycles. The van der Waals surface area contributed by atoms with E-state index in [4.69, 9.17) is 5.11 Å². The maximum atomic E-state index is 12.2. The normalized spacial score (nSPS) is 20.2. The molecule has 0 saturated heterocycles. The van der Waals surface area contributed by atoms with Crippen molar-refractivity contribution in [2.24, 2.45) is 5.92 Å². The summed E-state index contributed by atoms with van der Waals surface area (Å²) in [6, 6.07) is 2.08. The number of amides is 1. The SMILES string of the molecule is Cc1ccsc1[C@@H]1C[C@H]1C(=O)Nc1nc(CC(=O)O)cs1. The average molecular weight is 322 g/mol. The highest BCUT2D eigenvalue weighted by molar-refractivity contribution is 7.14.